The van der Waals surface area contributed by atoms with E-state index < -0.39 is 0 Å². The molecule has 1 aromatic carbocycles. The molecule has 1 aromatic rings. The van der Waals surface area contributed by atoms with Crippen LogP contribution in [0.3, 0.4) is 0 Å². The van der Waals surface area contributed by atoms with Gasteiger partial charge < -0.3 is 19.9 Å². The third kappa shape index (κ3) is 6.31. The van der Waals surface area contributed by atoms with Gasteiger partial charge in [0.05, 0.1) is 18.8 Å². The van der Waals surface area contributed by atoms with Crippen LogP contribution in [0.15, 0.2) is 35.3 Å². The van der Waals surface area contributed by atoms with Crippen molar-refractivity contribution in [3.63, 3.8) is 0 Å². The summed E-state index contributed by atoms with van der Waals surface area (Å²) < 4.78 is 6.13. The Balaban J connectivity index is 0.00000256. The van der Waals surface area contributed by atoms with Gasteiger partial charge in [-0.3, -0.25) is 9.89 Å². The molecule has 3 aliphatic rings. The monoisotopic (exact) mass is 527 g/mol. The predicted octanol–water partition coefficient (Wildman–Crippen LogP) is 2.64. The van der Waals surface area contributed by atoms with E-state index in [1.807, 2.05) is 7.05 Å². The number of hydrogen-bond acceptors (Lipinski definition) is 4. The number of hydrogen-bond donors (Lipinski definition) is 1. The Kier molecular flexibility index (Phi) is 9.67. The molecule has 3 aliphatic heterocycles. The fraction of sp³-hybridized carbons (Fsp3) is 0.696. The number of likely N-dealkylation sites (tertiary alicyclic amines) is 2. The van der Waals surface area contributed by atoms with Crippen LogP contribution in [0.25, 0.3) is 0 Å². The lowest BCUT2D eigenvalue weighted by Crippen LogP contribution is -2.50. The Morgan fingerprint density at radius 1 is 1.07 bits per heavy atom. The van der Waals surface area contributed by atoms with Crippen LogP contribution in [0.2, 0.25) is 0 Å². The van der Waals surface area contributed by atoms with E-state index >= 15 is 0 Å². The van der Waals surface area contributed by atoms with Crippen LogP contribution in [-0.2, 0) is 11.3 Å². The second kappa shape index (κ2) is 12.2. The van der Waals surface area contributed by atoms with E-state index in [4.69, 9.17) is 4.74 Å². The van der Waals surface area contributed by atoms with E-state index in [1.165, 1.54) is 44.3 Å². The van der Waals surface area contributed by atoms with Crippen molar-refractivity contribution < 1.29 is 4.74 Å². The van der Waals surface area contributed by atoms with Crippen molar-refractivity contribution in [1.29, 1.82) is 0 Å². The number of benzene rings is 1. The van der Waals surface area contributed by atoms with Crippen molar-refractivity contribution in [3.8, 4) is 0 Å². The third-order valence-electron chi connectivity index (χ3n) is 6.57. The average Bonchev–Trinajstić information content (AvgIpc) is 3.02. The van der Waals surface area contributed by atoms with E-state index in [0.717, 1.165) is 51.8 Å². The van der Waals surface area contributed by atoms with Gasteiger partial charge in [0.25, 0.3) is 0 Å². The van der Waals surface area contributed by atoms with Gasteiger partial charge in [-0.2, -0.15) is 0 Å². The molecule has 0 aromatic heterocycles. The molecule has 0 radical (unpaired) electrons. The van der Waals surface area contributed by atoms with Crippen molar-refractivity contribution in [1.82, 2.24) is 20.0 Å². The lowest BCUT2D eigenvalue weighted by molar-refractivity contribution is -0.0502. The Morgan fingerprint density at radius 2 is 1.83 bits per heavy atom. The Morgan fingerprint density at radius 3 is 2.57 bits per heavy atom. The Bertz CT molecular complexity index is 650. The fourth-order valence-corrected chi connectivity index (χ4v) is 4.96. The highest BCUT2D eigenvalue weighted by molar-refractivity contribution is 14.0. The zero-order valence-corrected chi connectivity index (χ0v) is 20.7. The van der Waals surface area contributed by atoms with Crippen LogP contribution < -0.4 is 5.32 Å². The Labute approximate surface area is 199 Å². The number of rotatable bonds is 5. The molecule has 0 amide bonds. The maximum atomic E-state index is 6.13. The summed E-state index contributed by atoms with van der Waals surface area (Å²) in [4.78, 5) is 12.2. The molecule has 2 unspecified atom stereocenters. The molecule has 30 heavy (non-hydrogen) atoms. The first-order chi connectivity index (χ1) is 14.3. The maximum Gasteiger partial charge on any atom is 0.193 e. The molecule has 0 spiro atoms. The summed E-state index contributed by atoms with van der Waals surface area (Å²) in [7, 11) is 1.90. The summed E-state index contributed by atoms with van der Waals surface area (Å²) in [6, 6.07) is 11.2. The molecule has 0 bridgehead atoms. The van der Waals surface area contributed by atoms with E-state index in [1.54, 1.807) is 0 Å². The molecule has 3 fully saturated rings. The molecule has 1 N–H and O–H groups in total. The fourth-order valence-electron chi connectivity index (χ4n) is 4.96. The Hall–Kier alpha value is -0.900. The van der Waals surface area contributed by atoms with Gasteiger partial charge in [-0.1, -0.05) is 43.2 Å². The standard InChI is InChI=1S/C23H37N5O.HI/c1-24-23(25-11-14-26-12-7-2-3-8-13-26)28-18-21-22(19-28)29-16-15-27(21)17-20-9-5-4-6-10-20;/h4-6,9-10,21-22H,2-3,7-8,11-19H2,1H3,(H,24,25);1H. The van der Waals surface area contributed by atoms with Gasteiger partial charge in [-0.25, -0.2) is 0 Å². The van der Waals surface area contributed by atoms with Crippen LogP contribution in [0.1, 0.15) is 31.2 Å². The number of ether oxygens (including phenoxy) is 1. The minimum absolute atomic E-state index is 0. The van der Waals surface area contributed by atoms with Crippen molar-refractivity contribution in [3.05, 3.63) is 35.9 Å². The molecule has 3 saturated heterocycles. The van der Waals surface area contributed by atoms with Gasteiger partial charge in [0.15, 0.2) is 5.96 Å². The van der Waals surface area contributed by atoms with Crippen LogP contribution in [0.4, 0.5) is 0 Å². The van der Waals surface area contributed by atoms with Crippen LogP contribution in [0.5, 0.6) is 0 Å². The topological polar surface area (TPSA) is 43.3 Å². The van der Waals surface area contributed by atoms with Crippen molar-refractivity contribution >= 4 is 29.9 Å². The number of guanidine groups is 1. The molecule has 168 valence electrons. The maximum absolute atomic E-state index is 6.13. The lowest BCUT2D eigenvalue weighted by atomic mass is 10.1. The quantitative estimate of drug-likeness (QED) is 0.363. The van der Waals surface area contributed by atoms with E-state index in [-0.39, 0.29) is 30.1 Å². The zero-order valence-electron chi connectivity index (χ0n) is 18.3. The molecule has 7 heteroatoms. The molecule has 6 nitrogen and oxygen atoms in total. The van der Waals surface area contributed by atoms with Crippen molar-refractivity contribution in [2.75, 3.05) is 59.5 Å². The highest BCUT2D eigenvalue weighted by Crippen LogP contribution is 2.24. The summed E-state index contributed by atoms with van der Waals surface area (Å²) in [6.45, 7) is 9.31. The summed E-state index contributed by atoms with van der Waals surface area (Å²) in [5.74, 6) is 1.03. The van der Waals surface area contributed by atoms with Crippen LogP contribution >= 0.6 is 24.0 Å². The van der Waals surface area contributed by atoms with Gasteiger partial charge in [0.2, 0.25) is 0 Å². The second-order valence-electron chi connectivity index (χ2n) is 8.57. The minimum Gasteiger partial charge on any atom is -0.373 e. The zero-order chi connectivity index (χ0) is 19.9. The van der Waals surface area contributed by atoms with E-state index in [2.05, 4.69) is 55.3 Å². The first-order valence-electron chi connectivity index (χ1n) is 11.4. The molecule has 4 rings (SSSR count). The molecule has 0 aliphatic carbocycles. The third-order valence-corrected chi connectivity index (χ3v) is 6.57. The summed E-state index contributed by atoms with van der Waals surface area (Å²) in [5.41, 5.74) is 1.38. The highest BCUT2D eigenvalue weighted by Gasteiger charge is 2.41. The van der Waals surface area contributed by atoms with Crippen LogP contribution in [-0.4, -0.2) is 92.3 Å². The number of aliphatic imine (C=N–C) groups is 1. The molecular weight excluding hydrogens is 489 g/mol. The summed E-state index contributed by atoms with van der Waals surface area (Å²) in [6.07, 6.45) is 5.75. The van der Waals surface area contributed by atoms with Gasteiger partial charge >= 0.3 is 0 Å². The number of nitrogens with one attached hydrogen (secondary N) is 1. The highest BCUT2D eigenvalue weighted by atomic mass is 127. The van der Waals surface area contributed by atoms with Gasteiger partial charge in [-0.15, -0.1) is 24.0 Å². The average molecular weight is 527 g/mol. The first kappa shape index (κ1) is 23.8. The number of halogens is 1. The van der Waals surface area contributed by atoms with Crippen molar-refractivity contribution in [2.24, 2.45) is 4.99 Å². The lowest BCUT2D eigenvalue weighted by Gasteiger charge is -2.36. The summed E-state index contributed by atoms with van der Waals surface area (Å²) in [5, 5.41) is 3.61. The van der Waals surface area contributed by atoms with Crippen LogP contribution in [0, 0.1) is 0 Å². The van der Waals surface area contributed by atoms with E-state index in [9.17, 15) is 0 Å². The largest absolute Gasteiger partial charge is 0.373 e. The number of morpholine rings is 1. The molecule has 2 atom stereocenters. The molecule has 0 saturated carbocycles. The number of fused-ring (bicyclic) bond motifs is 1. The van der Waals surface area contributed by atoms with E-state index in [0.29, 0.717) is 6.04 Å². The van der Waals surface area contributed by atoms with Gasteiger partial charge in [-0.05, 0) is 31.5 Å². The van der Waals surface area contributed by atoms with Crippen molar-refractivity contribution in [2.45, 2.75) is 44.4 Å². The smallest absolute Gasteiger partial charge is 0.193 e. The number of nitrogens with zero attached hydrogens (tertiary/aromatic N) is 4. The molecular formula is C23H38IN5O. The second-order valence-corrected chi connectivity index (χ2v) is 8.57. The predicted molar refractivity (Wildman–Crippen MR) is 134 cm³/mol. The van der Waals surface area contributed by atoms with Gasteiger partial charge in [0, 0.05) is 46.3 Å². The first-order valence-corrected chi connectivity index (χ1v) is 11.4. The van der Waals surface area contributed by atoms with Gasteiger partial charge in [0.1, 0.15) is 0 Å². The minimum atomic E-state index is 0. The summed E-state index contributed by atoms with van der Waals surface area (Å²) >= 11 is 0. The molecule has 3 heterocycles. The normalized spacial score (nSPS) is 26.0. The SMILES string of the molecule is CN=C(NCCN1CCCCCC1)N1CC2OCCN(Cc3ccccc3)C2C1.I.